The molecule has 0 atom stereocenters. The minimum absolute atomic E-state index is 0.0357. The number of rotatable bonds is 6. The second kappa shape index (κ2) is 9.03. The highest BCUT2D eigenvalue weighted by atomic mass is 35.5. The zero-order valence-electron chi connectivity index (χ0n) is 16.9. The molecular formula is C24H17ClN2O5. The zero-order chi connectivity index (χ0) is 22.7. The average molecular weight is 449 g/mol. The maximum Gasteiger partial charge on any atom is 0.363 e. The normalized spacial score (nSPS) is 14.2. The molecule has 8 heteroatoms. The van der Waals surface area contributed by atoms with Crippen LogP contribution in [-0.2, 0) is 16.1 Å². The Morgan fingerprint density at radius 1 is 1.12 bits per heavy atom. The fourth-order valence-corrected chi connectivity index (χ4v) is 3.40. The molecule has 0 amide bonds. The van der Waals surface area contributed by atoms with Crippen molar-refractivity contribution in [2.24, 2.45) is 4.99 Å². The molecule has 0 saturated heterocycles. The number of esters is 1. The van der Waals surface area contributed by atoms with E-state index in [0.29, 0.717) is 34.1 Å². The van der Waals surface area contributed by atoms with E-state index in [1.165, 1.54) is 12.1 Å². The average Bonchev–Trinajstić information content (AvgIpc) is 3.13. The van der Waals surface area contributed by atoms with Crippen molar-refractivity contribution in [3.8, 4) is 5.75 Å². The third kappa shape index (κ3) is 4.53. The van der Waals surface area contributed by atoms with Crippen molar-refractivity contribution >= 4 is 35.2 Å². The fraction of sp³-hybridized carbons (Fsp3) is 0.0833. The maximum absolute atomic E-state index is 12.3. The number of cyclic esters (lactones) is 1. The van der Waals surface area contributed by atoms with Crippen LogP contribution in [0.25, 0.3) is 6.08 Å². The van der Waals surface area contributed by atoms with Crippen LogP contribution in [0.5, 0.6) is 5.75 Å². The third-order valence-electron chi connectivity index (χ3n) is 4.87. The van der Waals surface area contributed by atoms with Gasteiger partial charge in [0.15, 0.2) is 5.70 Å². The largest absolute Gasteiger partial charge is 0.489 e. The van der Waals surface area contributed by atoms with Crippen molar-refractivity contribution in [1.29, 1.82) is 0 Å². The molecule has 32 heavy (non-hydrogen) atoms. The van der Waals surface area contributed by atoms with Crippen LogP contribution >= 0.6 is 11.6 Å². The molecular weight excluding hydrogens is 432 g/mol. The van der Waals surface area contributed by atoms with Gasteiger partial charge in [0, 0.05) is 27.8 Å². The van der Waals surface area contributed by atoms with Crippen LogP contribution < -0.4 is 4.74 Å². The van der Waals surface area contributed by atoms with Crippen LogP contribution in [0.3, 0.4) is 0 Å². The topological polar surface area (TPSA) is 91.0 Å². The first kappa shape index (κ1) is 21.3. The summed E-state index contributed by atoms with van der Waals surface area (Å²) in [5.74, 6) is 0.00577. The molecule has 160 valence electrons. The Bertz CT molecular complexity index is 1280. The first-order valence-electron chi connectivity index (χ1n) is 9.65. The molecule has 1 heterocycles. The molecule has 0 radical (unpaired) electrons. The van der Waals surface area contributed by atoms with Crippen molar-refractivity contribution in [3.05, 3.63) is 110 Å². The number of nitrogens with zero attached hydrogens (tertiary/aromatic N) is 2. The number of benzene rings is 3. The molecule has 0 spiro atoms. The molecule has 3 aromatic rings. The first-order valence-corrected chi connectivity index (χ1v) is 10.0. The number of nitro groups is 1. The molecule has 0 unspecified atom stereocenters. The van der Waals surface area contributed by atoms with E-state index in [1.807, 2.05) is 18.2 Å². The summed E-state index contributed by atoms with van der Waals surface area (Å²) in [6.07, 6.45) is 1.57. The summed E-state index contributed by atoms with van der Waals surface area (Å²) in [5.41, 5.74) is 2.34. The van der Waals surface area contributed by atoms with Crippen LogP contribution in [0.15, 0.2) is 77.4 Å². The number of hydrogen-bond donors (Lipinski definition) is 0. The number of halogens is 1. The lowest BCUT2D eigenvalue weighted by Gasteiger charge is -2.08. The molecule has 7 nitrogen and oxygen atoms in total. The van der Waals surface area contributed by atoms with Crippen LogP contribution in [-0.4, -0.2) is 16.8 Å². The van der Waals surface area contributed by atoms with Gasteiger partial charge in [0.25, 0.3) is 5.69 Å². The molecule has 0 fully saturated rings. The minimum Gasteiger partial charge on any atom is -0.489 e. The van der Waals surface area contributed by atoms with Gasteiger partial charge in [-0.05, 0) is 42.8 Å². The molecule has 0 saturated carbocycles. The number of ether oxygens (including phenoxy) is 2. The summed E-state index contributed by atoms with van der Waals surface area (Å²) < 4.78 is 11.1. The molecule has 3 aromatic carbocycles. The van der Waals surface area contributed by atoms with Gasteiger partial charge < -0.3 is 9.47 Å². The van der Waals surface area contributed by atoms with E-state index in [2.05, 4.69) is 4.99 Å². The SMILES string of the molecule is Cc1c(C2=N/C(=C\c3cccc(OCc4ccccc4Cl)c3)C(=O)O2)cccc1[N+](=O)[O-]. The highest BCUT2D eigenvalue weighted by molar-refractivity contribution is 6.31. The Balaban J connectivity index is 1.57. The molecule has 1 aliphatic heterocycles. The second-order valence-corrected chi connectivity index (χ2v) is 7.40. The van der Waals surface area contributed by atoms with Crippen LogP contribution in [0.1, 0.15) is 22.3 Å². The van der Waals surface area contributed by atoms with Crippen molar-refractivity contribution in [1.82, 2.24) is 0 Å². The van der Waals surface area contributed by atoms with Crippen molar-refractivity contribution in [2.75, 3.05) is 0 Å². The van der Waals surface area contributed by atoms with Gasteiger partial charge in [0.05, 0.1) is 4.92 Å². The van der Waals surface area contributed by atoms with E-state index in [9.17, 15) is 14.9 Å². The predicted molar refractivity (Wildman–Crippen MR) is 121 cm³/mol. The van der Waals surface area contributed by atoms with Crippen molar-refractivity contribution < 1.29 is 19.2 Å². The lowest BCUT2D eigenvalue weighted by atomic mass is 10.1. The van der Waals surface area contributed by atoms with E-state index >= 15 is 0 Å². The molecule has 0 N–H and O–H groups in total. The molecule has 4 rings (SSSR count). The summed E-state index contributed by atoms with van der Waals surface area (Å²) in [6.45, 7) is 1.89. The van der Waals surface area contributed by atoms with Gasteiger partial charge in [-0.15, -0.1) is 0 Å². The summed E-state index contributed by atoms with van der Waals surface area (Å²) in [5, 5.41) is 11.8. The van der Waals surface area contributed by atoms with Gasteiger partial charge in [0.1, 0.15) is 12.4 Å². The Labute approximate surface area is 188 Å². The molecule has 0 aromatic heterocycles. The molecule has 1 aliphatic rings. The predicted octanol–water partition coefficient (Wildman–Crippen LogP) is 5.48. The van der Waals surface area contributed by atoms with Gasteiger partial charge in [0.2, 0.25) is 5.90 Å². The fourth-order valence-electron chi connectivity index (χ4n) is 3.21. The number of hydrogen-bond acceptors (Lipinski definition) is 6. The van der Waals surface area contributed by atoms with Crippen molar-refractivity contribution in [3.63, 3.8) is 0 Å². The third-order valence-corrected chi connectivity index (χ3v) is 5.24. The van der Waals surface area contributed by atoms with Gasteiger partial charge >= 0.3 is 5.97 Å². The molecule has 0 bridgehead atoms. The monoisotopic (exact) mass is 448 g/mol. The van der Waals surface area contributed by atoms with E-state index in [4.69, 9.17) is 21.1 Å². The lowest BCUT2D eigenvalue weighted by molar-refractivity contribution is -0.385. The van der Waals surface area contributed by atoms with E-state index in [0.717, 1.165) is 5.56 Å². The maximum atomic E-state index is 12.3. The molecule has 0 aliphatic carbocycles. The second-order valence-electron chi connectivity index (χ2n) is 7.00. The lowest BCUT2D eigenvalue weighted by Crippen LogP contribution is -2.08. The minimum atomic E-state index is -0.631. The van der Waals surface area contributed by atoms with Gasteiger partial charge in [-0.3, -0.25) is 10.1 Å². The highest BCUT2D eigenvalue weighted by Gasteiger charge is 2.27. The number of carbonyl (C=O) groups excluding carboxylic acids is 1. The Hall–Kier alpha value is -3.97. The van der Waals surface area contributed by atoms with Crippen LogP contribution in [0.2, 0.25) is 5.02 Å². The summed E-state index contributed by atoms with van der Waals surface area (Å²) in [4.78, 5) is 27.3. The summed E-state index contributed by atoms with van der Waals surface area (Å²) >= 11 is 6.16. The quantitative estimate of drug-likeness (QED) is 0.215. The summed E-state index contributed by atoms with van der Waals surface area (Å²) in [6, 6.07) is 19.1. The number of nitro benzene ring substituents is 1. The van der Waals surface area contributed by atoms with Crippen molar-refractivity contribution in [2.45, 2.75) is 13.5 Å². The van der Waals surface area contributed by atoms with Gasteiger partial charge in [-0.1, -0.05) is 48.0 Å². The van der Waals surface area contributed by atoms with Gasteiger partial charge in [-0.25, -0.2) is 9.79 Å². The van der Waals surface area contributed by atoms with Gasteiger partial charge in [-0.2, -0.15) is 0 Å². The Morgan fingerprint density at radius 2 is 1.91 bits per heavy atom. The number of aliphatic imine (C=N–C) groups is 1. The zero-order valence-corrected chi connectivity index (χ0v) is 17.7. The first-order chi connectivity index (χ1) is 15.4. The Morgan fingerprint density at radius 3 is 2.69 bits per heavy atom. The highest BCUT2D eigenvalue weighted by Crippen LogP contribution is 2.27. The number of carbonyl (C=O) groups is 1. The van der Waals surface area contributed by atoms with Crippen LogP contribution in [0.4, 0.5) is 5.69 Å². The van der Waals surface area contributed by atoms with E-state index < -0.39 is 10.9 Å². The standard InChI is InChI=1S/C24H17ClN2O5/c1-15-19(9-5-11-22(15)27(29)30)23-26-21(24(28)32-23)13-16-6-4-8-18(12-16)31-14-17-7-2-3-10-20(17)25/h2-13H,14H2,1H3/b21-13-. The Kier molecular flexibility index (Phi) is 6.00. The summed E-state index contributed by atoms with van der Waals surface area (Å²) in [7, 11) is 0. The van der Waals surface area contributed by atoms with E-state index in [1.54, 1.807) is 49.4 Å². The van der Waals surface area contributed by atoms with E-state index in [-0.39, 0.29) is 17.3 Å². The smallest absolute Gasteiger partial charge is 0.363 e. The van der Waals surface area contributed by atoms with Crippen LogP contribution in [0, 0.1) is 17.0 Å².